The maximum atomic E-state index is 12.0. The standard InChI is InChI=1S/C15H13IO2/c1-10-7-8-12(9-11(10)2)18-15(17)13-5-3-4-6-14(13)16/h3-9H,1-2H3. The number of hydrogen-bond acceptors (Lipinski definition) is 2. The van der Waals surface area contributed by atoms with Gasteiger partial charge in [0.15, 0.2) is 0 Å². The van der Waals surface area contributed by atoms with Gasteiger partial charge in [-0.15, -0.1) is 0 Å². The van der Waals surface area contributed by atoms with Crippen molar-refractivity contribution in [1.82, 2.24) is 0 Å². The molecule has 0 amide bonds. The van der Waals surface area contributed by atoms with Gasteiger partial charge in [0.2, 0.25) is 0 Å². The number of carbonyl (C=O) groups excluding carboxylic acids is 1. The Morgan fingerprint density at radius 2 is 1.78 bits per heavy atom. The van der Waals surface area contributed by atoms with Gasteiger partial charge in [0.1, 0.15) is 5.75 Å². The van der Waals surface area contributed by atoms with Crippen molar-refractivity contribution in [2.24, 2.45) is 0 Å². The highest BCUT2D eigenvalue weighted by atomic mass is 127. The molecule has 2 aromatic rings. The molecule has 0 bridgehead atoms. The van der Waals surface area contributed by atoms with E-state index in [9.17, 15) is 4.79 Å². The van der Waals surface area contributed by atoms with Crippen molar-refractivity contribution < 1.29 is 9.53 Å². The number of ether oxygens (including phenoxy) is 1. The van der Waals surface area contributed by atoms with Crippen molar-refractivity contribution >= 4 is 28.6 Å². The molecule has 0 aliphatic carbocycles. The van der Waals surface area contributed by atoms with Crippen LogP contribution in [0.1, 0.15) is 21.5 Å². The minimum absolute atomic E-state index is 0.316. The van der Waals surface area contributed by atoms with Crippen molar-refractivity contribution in [2.45, 2.75) is 13.8 Å². The lowest BCUT2D eigenvalue weighted by Gasteiger charge is -2.07. The van der Waals surface area contributed by atoms with Gasteiger partial charge in [0, 0.05) is 3.57 Å². The third-order valence-corrected chi connectivity index (χ3v) is 3.72. The lowest BCUT2D eigenvalue weighted by atomic mass is 10.1. The molecular formula is C15H13IO2. The number of benzene rings is 2. The first kappa shape index (κ1) is 13.1. The van der Waals surface area contributed by atoms with Crippen molar-refractivity contribution in [3.8, 4) is 5.75 Å². The summed E-state index contributed by atoms with van der Waals surface area (Å²) in [6, 6.07) is 13.0. The summed E-state index contributed by atoms with van der Waals surface area (Å²) >= 11 is 2.13. The van der Waals surface area contributed by atoms with E-state index < -0.39 is 0 Å². The quantitative estimate of drug-likeness (QED) is 0.462. The van der Waals surface area contributed by atoms with E-state index in [1.165, 1.54) is 5.56 Å². The topological polar surface area (TPSA) is 26.3 Å². The molecule has 3 heteroatoms. The number of aryl methyl sites for hydroxylation is 2. The number of carbonyl (C=O) groups is 1. The summed E-state index contributed by atoms with van der Waals surface area (Å²) in [6.07, 6.45) is 0. The van der Waals surface area contributed by atoms with Crippen LogP contribution in [0.3, 0.4) is 0 Å². The summed E-state index contributed by atoms with van der Waals surface area (Å²) in [5.74, 6) is 0.269. The van der Waals surface area contributed by atoms with Crippen molar-refractivity contribution in [1.29, 1.82) is 0 Å². The predicted octanol–water partition coefficient (Wildman–Crippen LogP) is 4.13. The van der Waals surface area contributed by atoms with Crippen LogP contribution in [0.4, 0.5) is 0 Å². The van der Waals surface area contributed by atoms with Gasteiger partial charge in [-0.3, -0.25) is 0 Å². The molecule has 0 spiro atoms. The molecule has 0 radical (unpaired) electrons. The zero-order valence-corrected chi connectivity index (χ0v) is 12.4. The molecule has 18 heavy (non-hydrogen) atoms. The second-order valence-electron chi connectivity index (χ2n) is 4.12. The molecular weight excluding hydrogens is 339 g/mol. The molecule has 0 aliphatic rings. The third-order valence-electron chi connectivity index (χ3n) is 2.78. The summed E-state index contributed by atoms with van der Waals surface area (Å²) in [6.45, 7) is 4.03. The molecule has 0 saturated heterocycles. The average molecular weight is 352 g/mol. The van der Waals surface area contributed by atoms with E-state index >= 15 is 0 Å². The molecule has 0 saturated carbocycles. The van der Waals surface area contributed by atoms with Crippen LogP contribution in [-0.2, 0) is 0 Å². The minimum atomic E-state index is -0.316. The lowest BCUT2D eigenvalue weighted by Crippen LogP contribution is -2.10. The maximum absolute atomic E-state index is 12.0. The number of esters is 1. The molecule has 0 aromatic heterocycles. The first-order chi connectivity index (χ1) is 8.58. The molecule has 0 heterocycles. The molecule has 2 aromatic carbocycles. The first-order valence-corrected chi connectivity index (χ1v) is 6.70. The van der Waals surface area contributed by atoms with E-state index in [4.69, 9.17) is 4.74 Å². The number of rotatable bonds is 2. The number of halogens is 1. The van der Waals surface area contributed by atoms with Gasteiger partial charge in [0.05, 0.1) is 5.56 Å². The van der Waals surface area contributed by atoms with Crippen LogP contribution < -0.4 is 4.74 Å². The second-order valence-corrected chi connectivity index (χ2v) is 5.28. The van der Waals surface area contributed by atoms with E-state index in [0.29, 0.717) is 11.3 Å². The van der Waals surface area contributed by atoms with E-state index in [1.54, 1.807) is 6.07 Å². The third kappa shape index (κ3) is 2.90. The fraction of sp³-hybridized carbons (Fsp3) is 0.133. The fourth-order valence-corrected chi connectivity index (χ4v) is 2.17. The van der Waals surface area contributed by atoms with Crippen molar-refractivity contribution in [2.75, 3.05) is 0 Å². The Balaban J connectivity index is 2.22. The van der Waals surface area contributed by atoms with Crippen LogP contribution in [0, 0.1) is 17.4 Å². The average Bonchev–Trinajstić information content (AvgIpc) is 2.34. The van der Waals surface area contributed by atoms with Gasteiger partial charge in [-0.1, -0.05) is 18.2 Å². The van der Waals surface area contributed by atoms with Gasteiger partial charge in [0.25, 0.3) is 0 Å². The fourth-order valence-electron chi connectivity index (χ4n) is 1.57. The van der Waals surface area contributed by atoms with E-state index in [1.807, 2.05) is 50.2 Å². The van der Waals surface area contributed by atoms with Crippen LogP contribution in [0.15, 0.2) is 42.5 Å². The Bertz CT molecular complexity index is 591. The molecule has 0 N–H and O–H groups in total. The highest BCUT2D eigenvalue weighted by Crippen LogP contribution is 2.19. The molecule has 0 aliphatic heterocycles. The van der Waals surface area contributed by atoms with Gasteiger partial charge in [-0.2, -0.15) is 0 Å². The monoisotopic (exact) mass is 352 g/mol. The minimum Gasteiger partial charge on any atom is -0.423 e. The Morgan fingerprint density at radius 1 is 1.06 bits per heavy atom. The molecule has 2 nitrogen and oxygen atoms in total. The van der Waals surface area contributed by atoms with Crippen LogP contribution in [0.5, 0.6) is 5.75 Å². The molecule has 0 fully saturated rings. The molecule has 0 unspecified atom stereocenters. The number of hydrogen-bond donors (Lipinski definition) is 0. The van der Waals surface area contributed by atoms with Crippen LogP contribution in [0.25, 0.3) is 0 Å². The zero-order chi connectivity index (χ0) is 13.1. The Hall–Kier alpha value is -1.36. The molecule has 0 atom stereocenters. The Morgan fingerprint density at radius 3 is 2.44 bits per heavy atom. The first-order valence-electron chi connectivity index (χ1n) is 5.62. The second kappa shape index (κ2) is 5.52. The van der Waals surface area contributed by atoms with Gasteiger partial charge in [-0.25, -0.2) is 4.79 Å². The SMILES string of the molecule is Cc1ccc(OC(=O)c2ccccc2I)cc1C. The van der Waals surface area contributed by atoms with Crippen LogP contribution in [0.2, 0.25) is 0 Å². The summed E-state index contributed by atoms with van der Waals surface area (Å²) in [4.78, 5) is 12.0. The van der Waals surface area contributed by atoms with E-state index in [-0.39, 0.29) is 5.97 Å². The molecule has 92 valence electrons. The largest absolute Gasteiger partial charge is 0.423 e. The Kier molecular flexibility index (Phi) is 4.01. The summed E-state index contributed by atoms with van der Waals surface area (Å²) in [5.41, 5.74) is 2.89. The predicted molar refractivity (Wildman–Crippen MR) is 80.0 cm³/mol. The summed E-state index contributed by atoms with van der Waals surface area (Å²) in [5, 5.41) is 0. The van der Waals surface area contributed by atoms with E-state index in [2.05, 4.69) is 22.6 Å². The Labute approximate surface area is 120 Å². The highest BCUT2D eigenvalue weighted by molar-refractivity contribution is 14.1. The smallest absolute Gasteiger partial charge is 0.344 e. The van der Waals surface area contributed by atoms with E-state index in [0.717, 1.165) is 9.13 Å². The van der Waals surface area contributed by atoms with Crippen LogP contribution >= 0.6 is 22.6 Å². The van der Waals surface area contributed by atoms with Gasteiger partial charge in [-0.05, 0) is 71.8 Å². The maximum Gasteiger partial charge on any atom is 0.344 e. The van der Waals surface area contributed by atoms with Gasteiger partial charge < -0.3 is 4.74 Å². The van der Waals surface area contributed by atoms with Crippen LogP contribution in [-0.4, -0.2) is 5.97 Å². The summed E-state index contributed by atoms with van der Waals surface area (Å²) < 4.78 is 6.27. The lowest BCUT2D eigenvalue weighted by molar-refractivity contribution is 0.0733. The van der Waals surface area contributed by atoms with Gasteiger partial charge >= 0.3 is 5.97 Å². The van der Waals surface area contributed by atoms with Crippen molar-refractivity contribution in [3.05, 3.63) is 62.7 Å². The summed E-state index contributed by atoms with van der Waals surface area (Å²) in [7, 11) is 0. The normalized spacial score (nSPS) is 10.2. The molecule has 2 rings (SSSR count). The van der Waals surface area contributed by atoms with Crippen molar-refractivity contribution in [3.63, 3.8) is 0 Å². The highest BCUT2D eigenvalue weighted by Gasteiger charge is 2.11. The zero-order valence-electron chi connectivity index (χ0n) is 10.2.